The van der Waals surface area contributed by atoms with E-state index in [0.29, 0.717) is 0 Å². The monoisotopic (exact) mass is 617 g/mol. The summed E-state index contributed by atoms with van der Waals surface area (Å²) in [7, 11) is 1.85. The Labute approximate surface area is 247 Å². The van der Waals surface area contributed by atoms with Gasteiger partial charge in [-0.1, -0.05) is 48.6 Å². The summed E-state index contributed by atoms with van der Waals surface area (Å²) < 4.78 is 61.3. The molecule has 0 spiro atoms. The summed E-state index contributed by atoms with van der Waals surface area (Å²) in [5.41, 5.74) is 12.4. The van der Waals surface area contributed by atoms with E-state index in [1.165, 1.54) is 61.3 Å². The molecule has 0 aromatic heterocycles. The normalized spacial score (nSPS) is 15.1. The Balaban J connectivity index is 0.000000541. The van der Waals surface area contributed by atoms with Crippen molar-refractivity contribution in [1.29, 1.82) is 0 Å². The van der Waals surface area contributed by atoms with E-state index in [1.54, 1.807) is 0 Å². The minimum atomic E-state index is -10.7. The van der Waals surface area contributed by atoms with Crippen LogP contribution >= 0.6 is 7.81 Å². The molecule has 228 valence electrons. The van der Waals surface area contributed by atoms with Crippen molar-refractivity contribution < 1.29 is 25.2 Å². The fourth-order valence-corrected chi connectivity index (χ4v) is 4.89. The van der Waals surface area contributed by atoms with Crippen molar-refractivity contribution in [3.8, 4) is 11.1 Å². The molecule has 0 saturated carbocycles. The first kappa shape index (κ1) is 31.8. The summed E-state index contributed by atoms with van der Waals surface area (Å²) in [6.45, 7) is 0. The average Bonchev–Trinajstić information content (AvgIpc) is 3.29. The van der Waals surface area contributed by atoms with Crippen LogP contribution in [0.15, 0.2) is 91.0 Å². The van der Waals surface area contributed by atoms with Crippen LogP contribution in [-0.4, -0.2) is 42.3 Å². The Morgan fingerprint density at radius 1 is 0.581 bits per heavy atom. The maximum atomic E-state index is 9.87. The van der Waals surface area contributed by atoms with E-state index in [9.17, 15) is 25.2 Å². The predicted molar refractivity (Wildman–Crippen MR) is 170 cm³/mol. The van der Waals surface area contributed by atoms with Crippen LogP contribution in [0.2, 0.25) is 0 Å². The van der Waals surface area contributed by atoms with E-state index >= 15 is 0 Å². The van der Waals surface area contributed by atoms with Crippen molar-refractivity contribution in [2.75, 3.05) is 52.1 Å². The Bertz CT molecular complexity index is 1760. The zero-order chi connectivity index (χ0) is 31.8. The first-order chi connectivity index (χ1) is 19.8. The zero-order valence-corrected chi connectivity index (χ0v) is 25.7. The minimum absolute atomic E-state index is 1.19. The van der Waals surface area contributed by atoms with Crippen molar-refractivity contribution >= 4 is 36.4 Å². The molecule has 0 amide bonds. The third-order valence-corrected chi connectivity index (χ3v) is 7.01. The Morgan fingerprint density at radius 2 is 1.07 bits per heavy atom. The Morgan fingerprint density at radius 3 is 1.63 bits per heavy atom. The number of hydrogen-bond acceptors (Lipinski definition) is 2. The number of allylic oxidation sites excluding steroid dienone is 2. The van der Waals surface area contributed by atoms with Gasteiger partial charge in [0.2, 0.25) is 0 Å². The number of halogens is 6. The molecule has 3 aliphatic rings. The van der Waals surface area contributed by atoms with Crippen LogP contribution in [0.5, 0.6) is 0 Å². The van der Waals surface area contributed by atoms with Crippen molar-refractivity contribution in [3.05, 3.63) is 119 Å². The number of nitrogens with zero attached hydrogens (tertiary/aromatic N) is 3. The summed E-state index contributed by atoms with van der Waals surface area (Å²) in [5, 5.41) is 1.19. The fourth-order valence-electron chi connectivity index (χ4n) is 4.89. The molecular formula is C33H34F6N3P. The third-order valence-electron chi connectivity index (χ3n) is 7.01. The van der Waals surface area contributed by atoms with Gasteiger partial charge in [0.15, 0.2) is 5.36 Å². The molecule has 2 aromatic rings. The molecule has 0 radical (unpaired) electrons. The zero-order valence-electron chi connectivity index (χ0n) is 24.8. The molecular weight excluding hydrogens is 583 g/mol. The van der Waals surface area contributed by atoms with Gasteiger partial charge in [-0.15, -0.1) is 0 Å². The molecule has 0 heterocycles. The first-order valence-corrected chi connectivity index (χ1v) is 15.4. The maximum absolute atomic E-state index is 10.7. The van der Waals surface area contributed by atoms with Gasteiger partial charge in [0.1, 0.15) is 14.1 Å². The van der Waals surface area contributed by atoms with Gasteiger partial charge >= 0.3 is 33.0 Å². The second-order valence-electron chi connectivity index (χ2n) is 11.0. The number of fused-ring (bicyclic) bond motifs is 2. The van der Waals surface area contributed by atoms with E-state index < -0.39 is 7.81 Å². The van der Waals surface area contributed by atoms with Crippen LogP contribution in [0, 0.1) is 0 Å². The van der Waals surface area contributed by atoms with E-state index in [1.807, 2.05) is 0 Å². The average molecular weight is 618 g/mol. The molecule has 0 aliphatic heterocycles. The van der Waals surface area contributed by atoms with Crippen molar-refractivity contribution in [2.24, 2.45) is 0 Å². The number of anilines is 2. The standard InChI is InChI=1S/C33H34N3.F6P/c1-34(2)26-15-9-25(10-16-26)33(31-19-11-23-7-13-27(35(3)4)17-21-29(23)31)32-20-12-24-8-14-28(36(5)6)18-22-30(24)32;1-7(2,3,4,5)6/h7-22H,1-6H3;/q+1;-1. The van der Waals surface area contributed by atoms with Gasteiger partial charge in [-0.05, 0) is 80.9 Å². The summed E-state index contributed by atoms with van der Waals surface area (Å²) in [5.74, 6) is 0. The summed E-state index contributed by atoms with van der Waals surface area (Å²) in [4.78, 5) is 4.29. The fraction of sp³-hybridized carbons (Fsp3) is 0.182. The summed E-state index contributed by atoms with van der Waals surface area (Å²) >= 11 is 0. The molecule has 0 fully saturated rings. The molecule has 0 saturated heterocycles. The number of rotatable bonds is 4. The quantitative estimate of drug-likeness (QED) is 0.128. The van der Waals surface area contributed by atoms with Crippen LogP contribution in [-0.2, 0) is 0 Å². The van der Waals surface area contributed by atoms with Gasteiger partial charge in [-0.2, -0.15) is 0 Å². The second kappa shape index (κ2) is 10.9. The van der Waals surface area contributed by atoms with Crippen LogP contribution in [0.4, 0.5) is 36.6 Å². The molecule has 3 nitrogen and oxygen atoms in total. The topological polar surface area (TPSA) is 9.49 Å². The number of benzene rings is 1. The van der Waals surface area contributed by atoms with Gasteiger partial charge in [-0.3, -0.25) is 0 Å². The molecule has 0 atom stereocenters. The molecule has 0 unspecified atom stereocenters. The third kappa shape index (κ3) is 8.48. The number of hydrogen-bond donors (Lipinski definition) is 0. The van der Waals surface area contributed by atoms with Gasteiger partial charge in [0.25, 0.3) is 0 Å². The van der Waals surface area contributed by atoms with E-state index in [4.69, 9.17) is 0 Å². The van der Waals surface area contributed by atoms with Crippen LogP contribution in [0.3, 0.4) is 0 Å². The first-order valence-electron chi connectivity index (χ1n) is 13.4. The molecule has 43 heavy (non-hydrogen) atoms. The Kier molecular flexibility index (Phi) is 8.05. The molecule has 0 bridgehead atoms. The molecule has 5 rings (SSSR count). The van der Waals surface area contributed by atoms with Gasteiger partial charge in [0.05, 0.1) is 0 Å². The summed E-state index contributed by atoms with van der Waals surface area (Å²) in [6, 6.07) is 31.3. The van der Waals surface area contributed by atoms with Crippen molar-refractivity contribution in [1.82, 2.24) is 4.58 Å². The van der Waals surface area contributed by atoms with Crippen molar-refractivity contribution in [3.63, 3.8) is 0 Å². The van der Waals surface area contributed by atoms with Crippen LogP contribution < -0.4 is 19.7 Å². The molecule has 10 heteroatoms. The SMILES string of the molecule is CN(C)c1ccc(/C(=C2/C=Cc3ccc(=[N+](C)C)ccc32)c2ccc3ccc(N(C)C)ccc2-3)cc1.F[P-](F)(F)(F)(F)F. The van der Waals surface area contributed by atoms with Gasteiger partial charge < -0.3 is 9.80 Å². The molecule has 0 N–H and O–H groups in total. The van der Waals surface area contributed by atoms with E-state index in [2.05, 4.69) is 154 Å². The molecule has 3 aliphatic carbocycles. The predicted octanol–water partition coefficient (Wildman–Crippen LogP) is 9.32. The summed E-state index contributed by atoms with van der Waals surface area (Å²) in [6.07, 6.45) is 4.52. The van der Waals surface area contributed by atoms with Gasteiger partial charge in [0, 0.05) is 51.7 Å². The van der Waals surface area contributed by atoms with E-state index in [0.717, 1.165) is 0 Å². The van der Waals surface area contributed by atoms with E-state index in [-0.39, 0.29) is 0 Å². The Hall–Kier alpha value is -4.10. The van der Waals surface area contributed by atoms with Gasteiger partial charge in [-0.25, -0.2) is 4.58 Å². The van der Waals surface area contributed by atoms with Crippen molar-refractivity contribution in [2.45, 2.75) is 0 Å². The second-order valence-corrected chi connectivity index (χ2v) is 12.9. The van der Waals surface area contributed by atoms with Crippen LogP contribution in [0.1, 0.15) is 22.3 Å². The van der Waals surface area contributed by atoms with Crippen LogP contribution in [0.25, 0.3) is 28.3 Å². The molecule has 2 aromatic carbocycles.